The minimum Gasteiger partial charge on any atom is -0.384 e. The molecule has 2 bridgehead atoms. The van der Waals surface area contributed by atoms with Crippen LogP contribution in [0.4, 0.5) is 5.69 Å². The van der Waals surface area contributed by atoms with Crippen LogP contribution < -0.4 is 5.32 Å². The number of anilines is 1. The summed E-state index contributed by atoms with van der Waals surface area (Å²) in [4.78, 5) is 17.9. The van der Waals surface area contributed by atoms with Gasteiger partial charge in [-0.2, -0.15) is 0 Å². The van der Waals surface area contributed by atoms with E-state index >= 15 is 0 Å². The van der Waals surface area contributed by atoms with Crippen molar-refractivity contribution in [2.45, 2.75) is 76.9 Å². The van der Waals surface area contributed by atoms with Gasteiger partial charge >= 0.3 is 0 Å². The number of carbonyl (C=O) groups is 1. The molecular formula is C23H35N3O. The second kappa shape index (κ2) is 8.22. The summed E-state index contributed by atoms with van der Waals surface area (Å²) in [6, 6.07) is 7.65. The molecule has 4 heteroatoms. The Morgan fingerprint density at radius 3 is 2.74 bits per heavy atom. The predicted octanol–water partition coefficient (Wildman–Crippen LogP) is 4.18. The number of hydrogen-bond donors (Lipinski definition) is 1. The zero-order valence-corrected chi connectivity index (χ0v) is 17.0. The van der Waals surface area contributed by atoms with Crippen LogP contribution in [0.25, 0.3) is 0 Å². The number of nitrogens with zero attached hydrogens (tertiary/aromatic N) is 2. The molecule has 148 valence electrons. The Kier molecular flexibility index (Phi) is 5.72. The fourth-order valence-corrected chi connectivity index (χ4v) is 5.12. The van der Waals surface area contributed by atoms with Gasteiger partial charge in [0, 0.05) is 43.8 Å². The van der Waals surface area contributed by atoms with E-state index < -0.39 is 0 Å². The molecule has 2 atom stereocenters. The summed E-state index contributed by atoms with van der Waals surface area (Å²) in [5, 5.41) is 3.70. The van der Waals surface area contributed by atoms with Gasteiger partial charge in [-0.25, -0.2) is 0 Å². The van der Waals surface area contributed by atoms with Crippen LogP contribution in [0, 0.1) is 12.8 Å². The summed E-state index contributed by atoms with van der Waals surface area (Å²) in [5.74, 6) is 1.15. The van der Waals surface area contributed by atoms with Crippen molar-refractivity contribution in [2.75, 3.05) is 25.5 Å². The topological polar surface area (TPSA) is 35.6 Å². The first-order chi connectivity index (χ1) is 13.1. The lowest BCUT2D eigenvalue weighted by Crippen LogP contribution is -2.43. The smallest absolute Gasteiger partial charge is 0.222 e. The fourth-order valence-electron chi connectivity index (χ4n) is 5.12. The summed E-state index contributed by atoms with van der Waals surface area (Å²) in [5.41, 5.74) is 3.80. The van der Waals surface area contributed by atoms with Gasteiger partial charge in [0.05, 0.1) is 0 Å². The van der Waals surface area contributed by atoms with Crippen LogP contribution in [-0.2, 0) is 11.3 Å². The summed E-state index contributed by atoms with van der Waals surface area (Å²) in [6.07, 6.45) is 9.46. The highest BCUT2D eigenvalue weighted by Crippen LogP contribution is 2.32. The highest BCUT2D eigenvalue weighted by Gasteiger charge is 2.33. The number of likely N-dealkylation sites (N-methyl/N-ethyl adjacent to an activating group) is 1. The van der Waals surface area contributed by atoms with Gasteiger partial charge in [-0.3, -0.25) is 9.69 Å². The van der Waals surface area contributed by atoms with Crippen LogP contribution in [-0.4, -0.2) is 47.9 Å². The number of para-hydroxylation sites is 1. The second-order valence-electron chi connectivity index (χ2n) is 8.98. The zero-order valence-electron chi connectivity index (χ0n) is 17.0. The predicted molar refractivity (Wildman–Crippen MR) is 111 cm³/mol. The molecule has 1 aliphatic carbocycles. The van der Waals surface area contributed by atoms with Gasteiger partial charge in [0.25, 0.3) is 0 Å². The molecule has 2 aliphatic heterocycles. The monoisotopic (exact) mass is 369 g/mol. The molecule has 2 unspecified atom stereocenters. The lowest BCUT2D eigenvalue weighted by molar-refractivity contribution is -0.133. The zero-order chi connectivity index (χ0) is 18.8. The van der Waals surface area contributed by atoms with Gasteiger partial charge < -0.3 is 10.2 Å². The summed E-state index contributed by atoms with van der Waals surface area (Å²) in [7, 11) is 2.26. The molecule has 1 aromatic rings. The molecule has 1 saturated heterocycles. The van der Waals surface area contributed by atoms with Gasteiger partial charge in [0.1, 0.15) is 0 Å². The van der Waals surface area contributed by atoms with Crippen LogP contribution in [0.2, 0.25) is 0 Å². The van der Waals surface area contributed by atoms with E-state index in [9.17, 15) is 4.79 Å². The van der Waals surface area contributed by atoms with Crippen molar-refractivity contribution in [3.05, 3.63) is 29.3 Å². The molecule has 0 spiro atoms. The summed E-state index contributed by atoms with van der Waals surface area (Å²) < 4.78 is 0. The lowest BCUT2D eigenvalue weighted by Gasteiger charge is -2.32. The molecule has 1 N–H and O–H groups in total. The Morgan fingerprint density at radius 2 is 1.96 bits per heavy atom. The summed E-state index contributed by atoms with van der Waals surface area (Å²) >= 11 is 0. The van der Waals surface area contributed by atoms with Gasteiger partial charge in [-0.15, -0.1) is 0 Å². The Bertz CT molecular complexity index is 670. The average Bonchev–Trinajstić information content (AvgIpc) is 2.93. The van der Waals surface area contributed by atoms with E-state index in [1.165, 1.54) is 55.3 Å². The van der Waals surface area contributed by atoms with Gasteiger partial charge in [0.2, 0.25) is 5.91 Å². The van der Waals surface area contributed by atoms with Crippen molar-refractivity contribution in [3.8, 4) is 0 Å². The van der Waals surface area contributed by atoms with Crippen LogP contribution in [0.3, 0.4) is 0 Å². The maximum absolute atomic E-state index is 13.2. The number of nitrogens with one attached hydrogen (secondary N) is 1. The third kappa shape index (κ3) is 4.16. The third-order valence-electron chi connectivity index (χ3n) is 7.26. The van der Waals surface area contributed by atoms with Crippen LogP contribution in [0.1, 0.15) is 62.5 Å². The first kappa shape index (κ1) is 18.8. The maximum Gasteiger partial charge on any atom is 0.222 e. The van der Waals surface area contributed by atoms with Gasteiger partial charge in [-0.1, -0.05) is 37.5 Å². The highest BCUT2D eigenvalue weighted by molar-refractivity contribution is 5.76. The van der Waals surface area contributed by atoms with E-state index in [-0.39, 0.29) is 0 Å². The second-order valence-corrected chi connectivity index (χ2v) is 8.98. The SMILES string of the molecule is Cc1cccc2c1NCCC1CCC(CN(C(=O)CCC3CCC3)C2)N1C. The van der Waals surface area contributed by atoms with Crippen molar-refractivity contribution < 1.29 is 4.79 Å². The first-order valence-electron chi connectivity index (χ1n) is 10.9. The van der Waals surface area contributed by atoms with E-state index in [0.717, 1.165) is 38.4 Å². The Labute approximate surface area is 164 Å². The number of fused-ring (bicyclic) bond motifs is 3. The molecule has 27 heavy (non-hydrogen) atoms. The van der Waals surface area contributed by atoms with E-state index in [4.69, 9.17) is 0 Å². The van der Waals surface area contributed by atoms with E-state index in [2.05, 4.69) is 47.3 Å². The molecule has 2 heterocycles. The molecule has 1 saturated carbocycles. The first-order valence-corrected chi connectivity index (χ1v) is 10.9. The van der Waals surface area contributed by atoms with Gasteiger partial charge in [-0.05, 0) is 56.7 Å². The molecule has 4 rings (SSSR count). The maximum atomic E-state index is 13.2. The number of hydrogen-bond acceptors (Lipinski definition) is 3. The quantitative estimate of drug-likeness (QED) is 0.868. The van der Waals surface area contributed by atoms with Crippen molar-refractivity contribution in [1.29, 1.82) is 0 Å². The number of amides is 1. The fraction of sp³-hybridized carbons (Fsp3) is 0.696. The van der Waals surface area contributed by atoms with Crippen LogP contribution in [0.15, 0.2) is 18.2 Å². The van der Waals surface area contributed by atoms with Crippen molar-refractivity contribution in [2.24, 2.45) is 5.92 Å². The number of rotatable bonds is 3. The minimum absolute atomic E-state index is 0.352. The summed E-state index contributed by atoms with van der Waals surface area (Å²) in [6.45, 7) is 4.80. The molecule has 0 aromatic heterocycles. The van der Waals surface area contributed by atoms with Crippen molar-refractivity contribution in [1.82, 2.24) is 9.80 Å². The molecule has 2 fully saturated rings. The molecule has 0 radical (unpaired) electrons. The number of aryl methyl sites for hydroxylation is 1. The van der Waals surface area contributed by atoms with E-state index in [0.29, 0.717) is 18.0 Å². The van der Waals surface area contributed by atoms with Crippen LogP contribution >= 0.6 is 0 Å². The Hall–Kier alpha value is -1.55. The molecule has 1 aromatic carbocycles. The molecular weight excluding hydrogens is 334 g/mol. The Morgan fingerprint density at radius 1 is 1.15 bits per heavy atom. The molecule has 3 aliphatic rings. The minimum atomic E-state index is 0.352. The van der Waals surface area contributed by atoms with E-state index in [1.54, 1.807) is 0 Å². The average molecular weight is 370 g/mol. The van der Waals surface area contributed by atoms with Gasteiger partial charge in [0.15, 0.2) is 0 Å². The molecule has 4 nitrogen and oxygen atoms in total. The number of carbonyl (C=O) groups excluding carboxylic acids is 1. The molecule has 1 amide bonds. The highest BCUT2D eigenvalue weighted by atomic mass is 16.2. The van der Waals surface area contributed by atoms with Crippen molar-refractivity contribution >= 4 is 11.6 Å². The van der Waals surface area contributed by atoms with Crippen LogP contribution in [0.5, 0.6) is 0 Å². The van der Waals surface area contributed by atoms with Crippen molar-refractivity contribution in [3.63, 3.8) is 0 Å². The largest absolute Gasteiger partial charge is 0.384 e. The Balaban J connectivity index is 1.55. The third-order valence-corrected chi connectivity index (χ3v) is 7.26. The van der Waals surface area contributed by atoms with E-state index in [1.807, 2.05) is 0 Å². The number of benzene rings is 1. The lowest BCUT2D eigenvalue weighted by atomic mass is 9.82. The standard InChI is InChI=1S/C23H35N3O/c1-17-5-3-8-19-15-26(22(27)12-9-18-6-4-7-18)16-21-11-10-20(25(21)2)13-14-24-23(17)19/h3,5,8,18,20-21,24H,4,6-7,9-16H2,1-2H3. The normalized spacial score (nSPS) is 26.7.